The molecule has 1 rings (SSSR count). The average molecular weight is 310 g/mol. The molecule has 0 saturated heterocycles. The van der Waals surface area contributed by atoms with Gasteiger partial charge in [-0.05, 0) is 11.2 Å². The summed E-state index contributed by atoms with van der Waals surface area (Å²) in [6, 6.07) is 1.76. The van der Waals surface area contributed by atoms with Crippen molar-refractivity contribution < 1.29 is 24.9 Å². The Balaban J connectivity index is 0.000000810. The van der Waals surface area contributed by atoms with Gasteiger partial charge in [0.15, 0.2) is 0 Å². The Morgan fingerprint density at radius 2 is 2.10 bits per heavy atom. The fourth-order valence-corrected chi connectivity index (χ4v) is 0.540. The Morgan fingerprint density at radius 3 is 2.30 bits per heavy atom. The summed E-state index contributed by atoms with van der Waals surface area (Å²) in [5, 5.41) is 3.49. The van der Waals surface area contributed by atoms with Crippen molar-refractivity contribution in [3.63, 3.8) is 0 Å². The molecule has 10 heavy (non-hydrogen) atoms. The third kappa shape index (κ3) is 2.24. The number of rotatable bonds is 0. The predicted molar refractivity (Wildman–Crippen MR) is 34.0 cm³/mol. The van der Waals surface area contributed by atoms with Gasteiger partial charge in [0.2, 0.25) is 0 Å². The normalized spacial score (nSPS) is 10.7. The maximum absolute atomic E-state index is 4.89. The molecule has 0 aliphatic heterocycles. The zero-order chi connectivity index (χ0) is 6.91. The molecule has 0 N–H and O–H groups in total. The van der Waals surface area contributed by atoms with Gasteiger partial charge in [-0.1, -0.05) is 20.8 Å². The van der Waals surface area contributed by atoms with E-state index in [0.29, 0.717) is 0 Å². The molecule has 0 fully saturated rings. The second kappa shape index (κ2) is 3.32. The van der Waals surface area contributed by atoms with E-state index in [4.69, 9.17) is 4.52 Å². The van der Waals surface area contributed by atoms with Gasteiger partial charge in [0.05, 0.1) is 0 Å². The first-order valence-corrected chi connectivity index (χ1v) is 2.94. The molecule has 0 spiro atoms. The molecule has 1 heterocycles. The van der Waals surface area contributed by atoms with Crippen molar-refractivity contribution in [2.24, 2.45) is 0 Å². The minimum atomic E-state index is 0. The van der Waals surface area contributed by atoms with Crippen LogP contribution in [0.25, 0.3) is 0 Å². The molecule has 3 heteroatoms. The molecule has 0 aromatic carbocycles. The van der Waals surface area contributed by atoms with Crippen molar-refractivity contribution in [1.29, 1.82) is 0 Å². The molecule has 0 unspecified atom stereocenters. The van der Waals surface area contributed by atoms with E-state index in [9.17, 15) is 0 Å². The Kier molecular flexibility index (Phi) is 3.28. The van der Waals surface area contributed by atoms with E-state index in [0.717, 1.165) is 5.76 Å². The number of hydrogen-bond acceptors (Lipinski definition) is 2. The van der Waals surface area contributed by atoms with Crippen molar-refractivity contribution >= 4 is 0 Å². The summed E-state index contributed by atoms with van der Waals surface area (Å²) in [5.41, 5.74) is 0.0625. The van der Waals surface area contributed by atoms with Crippen LogP contribution in [0, 0.1) is 6.20 Å². The van der Waals surface area contributed by atoms with E-state index in [1.807, 2.05) is 0 Å². The van der Waals surface area contributed by atoms with Crippen LogP contribution < -0.4 is 0 Å². The maximum atomic E-state index is 4.89. The van der Waals surface area contributed by atoms with Gasteiger partial charge < -0.3 is 4.52 Å². The third-order valence-electron chi connectivity index (χ3n) is 1.13. The van der Waals surface area contributed by atoms with E-state index >= 15 is 0 Å². The number of nitrogens with zero attached hydrogens (tertiary/aromatic N) is 1. The molecular weight excluding hydrogens is 300 g/mol. The summed E-state index contributed by atoms with van der Waals surface area (Å²) in [6.45, 7) is 6.21. The third-order valence-corrected chi connectivity index (χ3v) is 1.13. The monoisotopic (exact) mass is 311 g/mol. The van der Waals surface area contributed by atoms with Gasteiger partial charge in [-0.2, -0.15) is 6.07 Å². The van der Waals surface area contributed by atoms with Crippen LogP contribution >= 0.6 is 0 Å². The predicted octanol–water partition coefficient (Wildman–Crippen LogP) is 1.77. The van der Waals surface area contributed by atoms with Crippen molar-refractivity contribution in [3.8, 4) is 0 Å². The summed E-state index contributed by atoms with van der Waals surface area (Å²) in [5.74, 6) is 0.877. The molecule has 0 amide bonds. The number of hydrogen-bond donors (Lipinski definition) is 0. The van der Waals surface area contributed by atoms with Crippen LogP contribution in [0.2, 0.25) is 0 Å². The van der Waals surface area contributed by atoms with E-state index in [2.05, 4.69) is 32.1 Å². The Morgan fingerprint density at radius 1 is 1.50 bits per heavy atom. The van der Waals surface area contributed by atoms with Crippen molar-refractivity contribution in [2.75, 3.05) is 0 Å². The van der Waals surface area contributed by atoms with Gasteiger partial charge in [0.1, 0.15) is 0 Å². The van der Waals surface area contributed by atoms with Crippen molar-refractivity contribution in [2.45, 2.75) is 26.2 Å². The minimum absolute atomic E-state index is 0. The molecule has 1 aromatic heterocycles. The molecule has 0 saturated carbocycles. The summed E-state index contributed by atoms with van der Waals surface area (Å²) < 4.78 is 4.89. The first kappa shape index (κ1) is 9.87. The average Bonchev–Trinajstić information content (AvgIpc) is 2.08. The standard InChI is InChI=1S/C7H10NO.Re/c1-7(2,3)6-4-5-8-9-6;/h4H,1-3H3;/q-1;. The smallest absolute Gasteiger partial charge is 0 e. The van der Waals surface area contributed by atoms with Gasteiger partial charge in [-0.25, -0.2) is 5.16 Å². The van der Waals surface area contributed by atoms with Crippen LogP contribution in [-0.2, 0) is 25.8 Å². The quantitative estimate of drug-likeness (QED) is 0.683. The van der Waals surface area contributed by atoms with E-state index < -0.39 is 0 Å². The molecule has 2 nitrogen and oxygen atoms in total. The minimum Gasteiger partial charge on any atom is -0.470 e. The van der Waals surface area contributed by atoms with Gasteiger partial charge in [0.25, 0.3) is 0 Å². The summed E-state index contributed by atoms with van der Waals surface area (Å²) >= 11 is 0. The molecular formula is C7H10NORe-. The summed E-state index contributed by atoms with van der Waals surface area (Å²) in [7, 11) is 0. The second-order valence-electron chi connectivity index (χ2n) is 3.07. The molecule has 0 bridgehead atoms. The Bertz CT molecular complexity index is 176. The van der Waals surface area contributed by atoms with Gasteiger partial charge in [-0.15, -0.1) is 6.20 Å². The van der Waals surface area contributed by atoms with Gasteiger partial charge >= 0.3 is 0 Å². The largest absolute Gasteiger partial charge is 0.470 e. The van der Waals surface area contributed by atoms with Crippen LogP contribution in [-0.4, -0.2) is 5.16 Å². The van der Waals surface area contributed by atoms with Crippen LogP contribution in [0.4, 0.5) is 0 Å². The van der Waals surface area contributed by atoms with Gasteiger partial charge in [-0.3, -0.25) is 0 Å². The summed E-state index contributed by atoms with van der Waals surface area (Å²) in [6.07, 6.45) is 2.62. The van der Waals surface area contributed by atoms with Crippen LogP contribution in [0.1, 0.15) is 26.5 Å². The second-order valence-corrected chi connectivity index (χ2v) is 3.07. The zero-order valence-electron chi connectivity index (χ0n) is 6.31. The zero-order valence-corrected chi connectivity index (χ0v) is 9.03. The van der Waals surface area contributed by atoms with E-state index in [-0.39, 0.29) is 25.8 Å². The van der Waals surface area contributed by atoms with Crippen LogP contribution in [0.3, 0.4) is 0 Å². The number of aromatic nitrogens is 1. The first-order valence-electron chi connectivity index (χ1n) is 2.94. The molecule has 0 aliphatic rings. The molecule has 1 radical (unpaired) electrons. The van der Waals surface area contributed by atoms with Crippen molar-refractivity contribution in [3.05, 3.63) is 18.0 Å². The molecule has 1 aromatic rings. The van der Waals surface area contributed by atoms with Crippen molar-refractivity contribution in [1.82, 2.24) is 5.16 Å². The van der Waals surface area contributed by atoms with Gasteiger partial charge in [0, 0.05) is 20.4 Å². The maximum Gasteiger partial charge on any atom is 0 e. The Labute approximate surface area is 74.6 Å². The van der Waals surface area contributed by atoms with Crippen LogP contribution in [0.5, 0.6) is 0 Å². The van der Waals surface area contributed by atoms with Crippen LogP contribution in [0.15, 0.2) is 10.6 Å². The van der Waals surface area contributed by atoms with E-state index in [1.165, 1.54) is 0 Å². The fraction of sp³-hybridized carbons (Fsp3) is 0.571. The topological polar surface area (TPSA) is 26.0 Å². The molecule has 57 valence electrons. The molecule has 0 atom stereocenters. The first-order chi connectivity index (χ1) is 4.11. The summed E-state index contributed by atoms with van der Waals surface area (Å²) in [4.78, 5) is 0. The SMILES string of the molecule is CC(C)(C)c1c[c-]no1.[Re]. The Hall–Kier alpha value is -0.128. The van der Waals surface area contributed by atoms with E-state index in [1.54, 1.807) is 6.07 Å². The molecule has 0 aliphatic carbocycles. The fourth-order valence-electron chi connectivity index (χ4n) is 0.540.